The van der Waals surface area contributed by atoms with Crippen LogP contribution in [0.1, 0.15) is 25.3 Å². The second-order valence-corrected chi connectivity index (χ2v) is 7.83. The number of rotatable bonds is 5. The van der Waals surface area contributed by atoms with Gasteiger partial charge in [-0.25, -0.2) is 14.4 Å². The van der Waals surface area contributed by atoms with E-state index in [2.05, 4.69) is 20.1 Å². The summed E-state index contributed by atoms with van der Waals surface area (Å²) in [5, 5.41) is 18.3. The van der Waals surface area contributed by atoms with Crippen LogP contribution in [0.4, 0.5) is 23.2 Å². The highest BCUT2D eigenvalue weighted by molar-refractivity contribution is 6.42. The molecule has 0 amide bonds. The first-order valence-electron chi connectivity index (χ1n) is 9.71. The summed E-state index contributed by atoms with van der Waals surface area (Å²) in [5.41, 5.74) is 1.37. The Kier molecular flexibility index (Phi) is 7.66. The van der Waals surface area contributed by atoms with Crippen molar-refractivity contribution in [2.75, 3.05) is 6.54 Å². The lowest BCUT2D eigenvalue weighted by Crippen LogP contribution is -2.35. The van der Waals surface area contributed by atoms with Crippen molar-refractivity contribution in [1.29, 1.82) is 5.26 Å². The molecule has 0 radical (unpaired) electrons. The van der Waals surface area contributed by atoms with Gasteiger partial charge in [-0.3, -0.25) is 5.32 Å². The fraction of sp³-hybridized carbons (Fsp3) is 0.286. The van der Waals surface area contributed by atoms with Crippen molar-refractivity contribution >= 4 is 40.6 Å². The third kappa shape index (κ3) is 6.27. The number of nitrogens with one attached hydrogen (secondary N) is 1. The molecule has 3 rings (SSSR count). The Bertz CT molecular complexity index is 1130. The largest absolute Gasteiger partial charge is 0.573 e. The number of ether oxygens (including phenoxy) is 1. The molecule has 1 atom stereocenters. The van der Waals surface area contributed by atoms with Crippen LogP contribution in [-0.4, -0.2) is 29.6 Å². The average molecular weight is 502 g/mol. The highest BCUT2D eigenvalue weighted by Gasteiger charge is 2.33. The molecular weight excluding hydrogens is 485 g/mol. The maximum Gasteiger partial charge on any atom is 0.573 e. The summed E-state index contributed by atoms with van der Waals surface area (Å²) in [6.07, 6.45) is -1.71. The number of nitrogens with zero attached hydrogens (tertiary/aromatic N) is 4. The van der Waals surface area contributed by atoms with Crippen LogP contribution in [0.2, 0.25) is 10.0 Å². The summed E-state index contributed by atoms with van der Waals surface area (Å²) in [5.74, 6) is -2.32. The van der Waals surface area contributed by atoms with Crippen molar-refractivity contribution in [3.63, 3.8) is 0 Å². The van der Waals surface area contributed by atoms with Crippen LogP contribution in [0.25, 0.3) is 0 Å². The Balaban J connectivity index is 1.98. The van der Waals surface area contributed by atoms with Crippen LogP contribution < -0.4 is 10.1 Å². The van der Waals surface area contributed by atoms with E-state index in [9.17, 15) is 17.6 Å². The second-order valence-electron chi connectivity index (χ2n) is 7.02. The first-order valence-corrected chi connectivity index (χ1v) is 10.5. The Morgan fingerprint density at radius 1 is 1.27 bits per heavy atom. The van der Waals surface area contributed by atoms with Crippen LogP contribution in [0.3, 0.4) is 0 Å². The van der Waals surface area contributed by atoms with Crippen molar-refractivity contribution in [2.45, 2.75) is 26.1 Å². The molecule has 6 nitrogen and oxygen atoms in total. The lowest BCUT2D eigenvalue weighted by Gasteiger charge is -2.17. The van der Waals surface area contributed by atoms with Crippen molar-refractivity contribution in [2.24, 2.45) is 16.0 Å². The number of hydrogen-bond donors (Lipinski definition) is 1. The van der Waals surface area contributed by atoms with Crippen LogP contribution >= 0.6 is 23.2 Å². The molecule has 0 aliphatic carbocycles. The molecule has 0 saturated carbocycles. The molecule has 0 bridgehead atoms. The van der Waals surface area contributed by atoms with E-state index in [0.29, 0.717) is 22.3 Å². The van der Waals surface area contributed by atoms with Gasteiger partial charge in [-0.2, -0.15) is 10.4 Å². The first kappa shape index (κ1) is 24.6. The summed E-state index contributed by atoms with van der Waals surface area (Å²) in [6.45, 7) is 2.36. The highest BCUT2D eigenvalue weighted by Crippen LogP contribution is 2.31. The summed E-state index contributed by atoms with van der Waals surface area (Å²) in [4.78, 5) is 4.16. The quantitative estimate of drug-likeness (QED) is 0.173. The predicted octanol–water partition coefficient (Wildman–Crippen LogP) is 6.23. The first-order chi connectivity index (χ1) is 15.6. The van der Waals surface area contributed by atoms with E-state index in [4.69, 9.17) is 28.5 Å². The van der Waals surface area contributed by atoms with Crippen molar-refractivity contribution in [1.82, 2.24) is 10.3 Å². The van der Waals surface area contributed by atoms with Crippen LogP contribution in [0, 0.1) is 23.2 Å². The zero-order valence-electron chi connectivity index (χ0n) is 17.1. The lowest BCUT2D eigenvalue weighted by atomic mass is 9.93. The molecule has 2 aromatic rings. The van der Waals surface area contributed by atoms with Gasteiger partial charge >= 0.3 is 6.36 Å². The smallest absolute Gasteiger partial charge is 0.403 e. The minimum atomic E-state index is -5.07. The number of hydrogen-bond acceptors (Lipinski definition) is 4. The van der Waals surface area contributed by atoms with E-state index in [0.717, 1.165) is 36.6 Å². The SMILES string of the molecule is CCCC1CN(C(=Nc2ccc(F)c(OC(F)(F)F)c2)NC#N)N=C1c1ccc(Cl)c(Cl)c1. The standard InChI is InChI=1S/C21H17Cl2F4N5O/c1-2-3-13-10-32(31-19(13)12-4-6-15(22)16(23)8-12)20(29-11-28)30-14-5-7-17(24)18(9-14)33-21(25,26)27/h4-9,13H,2-3,10H2,1H3,(H,29,30). The fourth-order valence-electron chi connectivity index (χ4n) is 3.29. The monoisotopic (exact) mass is 501 g/mol. The second kappa shape index (κ2) is 10.3. The van der Waals surface area contributed by atoms with E-state index in [1.54, 1.807) is 24.4 Å². The molecule has 2 aromatic carbocycles. The molecule has 1 heterocycles. The predicted molar refractivity (Wildman–Crippen MR) is 117 cm³/mol. The molecule has 0 saturated heterocycles. The molecule has 12 heteroatoms. The molecule has 174 valence electrons. The molecule has 0 aromatic heterocycles. The Morgan fingerprint density at radius 2 is 2.03 bits per heavy atom. The van der Waals surface area contributed by atoms with Gasteiger partial charge in [0.15, 0.2) is 17.8 Å². The summed E-state index contributed by atoms with van der Waals surface area (Å²) >= 11 is 12.1. The normalized spacial score (nSPS) is 16.4. The number of alkyl halides is 3. The summed E-state index contributed by atoms with van der Waals surface area (Å²) < 4.78 is 55.0. The molecule has 0 spiro atoms. The topological polar surface area (TPSA) is 73.0 Å². The molecule has 0 fully saturated rings. The van der Waals surface area contributed by atoms with E-state index >= 15 is 0 Å². The van der Waals surface area contributed by atoms with E-state index in [-0.39, 0.29) is 17.6 Å². The van der Waals surface area contributed by atoms with Crippen LogP contribution in [-0.2, 0) is 0 Å². The Morgan fingerprint density at radius 3 is 2.67 bits per heavy atom. The Labute approximate surface area is 197 Å². The maximum absolute atomic E-state index is 13.7. The number of guanidine groups is 1. The minimum absolute atomic E-state index is 0.0322. The molecule has 1 aliphatic heterocycles. The fourth-order valence-corrected chi connectivity index (χ4v) is 3.59. The van der Waals surface area contributed by atoms with E-state index in [1.807, 2.05) is 6.92 Å². The number of halogens is 6. The van der Waals surface area contributed by atoms with Crippen molar-refractivity contribution in [3.05, 3.63) is 57.8 Å². The van der Waals surface area contributed by atoms with E-state index in [1.165, 1.54) is 5.01 Å². The lowest BCUT2D eigenvalue weighted by molar-refractivity contribution is -0.275. The summed E-state index contributed by atoms with van der Waals surface area (Å²) in [6, 6.07) is 7.83. The van der Waals surface area contributed by atoms with E-state index < -0.39 is 17.9 Å². The number of benzene rings is 2. The van der Waals surface area contributed by atoms with Crippen molar-refractivity contribution < 1.29 is 22.3 Å². The summed E-state index contributed by atoms with van der Waals surface area (Å²) in [7, 11) is 0. The molecule has 33 heavy (non-hydrogen) atoms. The van der Waals surface area contributed by atoms with Crippen LogP contribution in [0.5, 0.6) is 5.75 Å². The van der Waals surface area contributed by atoms with Gasteiger partial charge in [0, 0.05) is 12.0 Å². The van der Waals surface area contributed by atoms with Gasteiger partial charge < -0.3 is 4.74 Å². The molecule has 1 unspecified atom stereocenters. The average Bonchev–Trinajstić information content (AvgIpc) is 3.15. The maximum atomic E-state index is 13.7. The van der Waals surface area contributed by atoms with Gasteiger partial charge in [0.1, 0.15) is 0 Å². The molecule has 1 aliphatic rings. The van der Waals surface area contributed by atoms with Gasteiger partial charge in [-0.15, -0.1) is 13.2 Å². The Hall–Kier alpha value is -3.03. The highest BCUT2D eigenvalue weighted by atomic mass is 35.5. The van der Waals surface area contributed by atoms with Crippen molar-refractivity contribution in [3.8, 4) is 11.9 Å². The third-order valence-corrected chi connectivity index (χ3v) is 5.39. The minimum Gasteiger partial charge on any atom is -0.403 e. The van der Waals surface area contributed by atoms with Crippen LogP contribution in [0.15, 0.2) is 46.5 Å². The zero-order chi connectivity index (χ0) is 24.2. The number of hydrazone groups is 1. The number of aliphatic imine (C=N–C) groups is 1. The van der Waals surface area contributed by atoms with Gasteiger partial charge in [0.05, 0.1) is 28.0 Å². The van der Waals surface area contributed by atoms with Gasteiger partial charge in [-0.05, 0) is 36.2 Å². The van der Waals surface area contributed by atoms with Gasteiger partial charge in [-0.1, -0.05) is 42.6 Å². The third-order valence-electron chi connectivity index (χ3n) is 4.65. The van der Waals surface area contributed by atoms with Gasteiger partial charge in [0.25, 0.3) is 0 Å². The van der Waals surface area contributed by atoms with Gasteiger partial charge in [0.2, 0.25) is 5.96 Å². The zero-order valence-corrected chi connectivity index (χ0v) is 18.6. The molecular formula is C21H17Cl2F4N5O. The number of nitriles is 1. The molecule has 1 N–H and O–H groups in total.